The molecule has 0 nitrogen and oxygen atoms in total. The summed E-state index contributed by atoms with van der Waals surface area (Å²) in [5.41, 5.74) is 4.97. The Balaban J connectivity index is 2.46. The lowest BCUT2D eigenvalue weighted by Crippen LogP contribution is -1.85. The van der Waals surface area contributed by atoms with Crippen molar-refractivity contribution >= 4 is 21.5 Å². The fourth-order valence-corrected chi connectivity index (χ4v) is 2.65. The Kier molecular flexibility index (Phi) is 5.37. The van der Waals surface area contributed by atoms with Crippen LogP contribution in [0.25, 0.3) is 16.7 Å². The summed E-state index contributed by atoms with van der Waals surface area (Å²) in [6.45, 7) is 4.23. The Morgan fingerprint density at radius 1 is 1.05 bits per heavy atom. The van der Waals surface area contributed by atoms with E-state index in [0.29, 0.717) is 0 Å². The van der Waals surface area contributed by atoms with Gasteiger partial charge in [0.1, 0.15) is 0 Å². The zero-order chi connectivity index (χ0) is 14.4. The summed E-state index contributed by atoms with van der Waals surface area (Å²) in [7, 11) is 0. The molecule has 0 amide bonds. The van der Waals surface area contributed by atoms with Gasteiger partial charge in [0.05, 0.1) is 0 Å². The van der Waals surface area contributed by atoms with Crippen molar-refractivity contribution in [1.82, 2.24) is 0 Å². The summed E-state index contributed by atoms with van der Waals surface area (Å²) >= 11 is 3.62. The van der Waals surface area contributed by atoms with Gasteiger partial charge in [0.15, 0.2) is 0 Å². The third-order valence-corrected chi connectivity index (χ3v) is 3.64. The second-order valence-electron chi connectivity index (χ2n) is 4.65. The van der Waals surface area contributed by atoms with Crippen molar-refractivity contribution in [2.75, 3.05) is 0 Å². The average molecular weight is 327 g/mol. The zero-order valence-corrected chi connectivity index (χ0v) is 13.5. The van der Waals surface area contributed by atoms with Crippen LogP contribution in [0.2, 0.25) is 0 Å². The maximum atomic E-state index is 3.62. The quantitative estimate of drug-likeness (QED) is 0.563. The molecule has 0 saturated carbocycles. The normalized spacial score (nSPS) is 12.1. The molecule has 0 unspecified atom stereocenters. The van der Waals surface area contributed by atoms with Crippen molar-refractivity contribution in [2.24, 2.45) is 0 Å². The van der Waals surface area contributed by atoms with Crippen molar-refractivity contribution in [3.05, 3.63) is 76.8 Å². The van der Waals surface area contributed by atoms with Gasteiger partial charge in [-0.2, -0.15) is 0 Å². The van der Waals surface area contributed by atoms with E-state index >= 15 is 0 Å². The molecule has 0 atom stereocenters. The molecule has 0 fully saturated rings. The van der Waals surface area contributed by atoms with Crippen LogP contribution in [0.3, 0.4) is 0 Å². The van der Waals surface area contributed by atoms with E-state index in [1.807, 2.05) is 6.07 Å². The molecule has 2 rings (SSSR count). The van der Waals surface area contributed by atoms with Crippen LogP contribution in [0.15, 0.2) is 71.2 Å². The topological polar surface area (TPSA) is 0 Å². The molecule has 0 aliphatic heterocycles. The lowest BCUT2D eigenvalue weighted by molar-refractivity contribution is 1.22. The third kappa shape index (κ3) is 3.71. The fourth-order valence-electron chi connectivity index (χ4n) is 2.16. The minimum absolute atomic E-state index is 1.05. The van der Waals surface area contributed by atoms with Crippen molar-refractivity contribution in [2.45, 2.75) is 20.3 Å². The second kappa shape index (κ2) is 7.25. The number of allylic oxidation sites excluding steroid dienone is 4. The highest BCUT2D eigenvalue weighted by Gasteiger charge is 2.04. The minimum Gasteiger partial charge on any atom is -0.0842 e. The summed E-state index contributed by atoms with van der Waals surface area (Å²) in [5.74, 6) is 0. The maximum Gasteiger partial charge on any atom is 0.0187 e. The first-order chi connectivity index (χ1) is 9.74. The number of halogens is 1. The number of hydrogen-bond acceptors (Lipinski definition) is 0. The van der Waals surface area contributed by atoms with Crippen LogP contribution in [-0.4, -0.2) is 0 Å². The maximum absolute atomic E-state index is 3.62. The molecule has 2 aromatic carbocycles. The van der Waals surface area contributed by atoms with Crippen molar-refractivity contribution in [3.8, 4) is 11.1 Å². The van der Waals surface area contributed by atoms with Crippen molar-refractivity contribution < 1.29 is 0 Å². The fraction of sp³-hybridized carbons (Fsp3) is 0.158. The van der Waals surface area contributed by atoms with Gasteiger partial charge in [0, 0.05) is 4.47 Å². The molecule has 0 aliphatic rings. The van der Waals surface area contributed by atoms with Gasteiger partial charge in [-0.3, -0.25) is 0 Å². The highest BCUT2D eigenvalue weighted by Crippen LogP contribution is 2.28. The predicted molar refractivity (Wildman–Crippen MR) is 92.7 cm³/mol. The molecule has 0 bridgehead atoms. The van der Waals surface area contributed by atoms with Crippen molar-refractivity contribution in [3.63, 3.8) is 0 Å². The van der Waals surface area contributed by atoms with Crippen LogP contribution in [0.1, 0.15) is 25.8 Å². The Bertz CT molecular complexity index is 621. The molecule has 0 spiro atoms. The Hall–Kier alpha value is -1.60. The molecule has 0 radical (unpaired) electrons. The molecule has 0 heterocycles. The van der Waals surface area contributed by atoms with Gasteiger partial charge in [-0.25, -0.2) is 0 Å². The van der Waals surface area contributed by atoms with Gasteiger partial charge >= 0.3 is 0 Å². The molecule has 0 N–H and O–H groups in total. The Morgan fingerprint density at radius 3 is 2.45 bits per heavy atom. The van der Waals surface area contributed by atoms with Crippen LogP contribution >= 0.6 is 15.9 Å². The van der Waals surface area contributed by atoms with Crippen LogP contribution in [0.5, 0.6) is 0 Å². The van der Waals surface area contributed by atoms with Crippen LogP contribution in [-0.2, 0) is 0 Å². The molecular weight excluding hydrogens is 308 g/mol. The van der Waals surface area contributed by atoms with E-state index < -0.39 is 0 Å². The minimum atomic E-state index is 1.05. The monoisotopic (exact) mass is 326 g/mol. The first-order valence-corrected chi connectivity index (χ1v) is 7.73. The summed E-state index contributed by atoms with van der Waals surface area (Å²) in [4.78, 5) is 0. The number of hydrogen-bond donors (Lipinski definition) is 0. The molecule has 1 heteroatoms. The largest absolute Gasteiger partial charge is 0.0842 e. The van der Waals surface area contributed by atoms with E-state index in [1.54, 1.807) is 0 Å². The van der Waals surface area contributed by atoms with Gasteiger partial charge in [0.25, 0.3) is 0 Å². The van der Waals surface area contributed by atoms with Gasteiger partial charge in [-0.15, -0.1) is 0 Å². The molecule has 0 aliphatic carbocycles. The molecule has 0 aromatic heterocycles. The first kappa shape index (κ1) is 14.8. The summed E-state index contributed by atoms with van der Waals surface area (Å²) in [6.07, 6.45) is 7.59. The molecular formula is C19H19Br. The van der Waals surface area contributed by atoms with Crippen LogP contribution in [0.4, 0.5) is 0 Å². The molecule has 102 valence electrons. The second-order valence-corrected chi connectivity index (χ2v) is 5.56. The van der Waals surface area contributed by atoms with Gasteiger partial charge in [-0.1, -0.05) is 71.4 Å². The molecule has 2 aromatic rings. The van der Waals surface area contributed by atoms with Gasteiger partial charge in [-0.05, 0) is 53.8 Å². The van der Waals surface area contributed by atoms with Crippen LogP contribution < -0.4 is 0 Å². The Morgan fingerprint density at radius 2 is 1.80 bits per heavy atom. The Labute approximate surface area is 130 Å². The van der Waals surface area contributed by atoms with E-state index in [2.05, 4.69) is 90.5 Å². The van der Waals surface area contributed by atoms with E-state index in [-0.39, 0.29) is 0 Å². The lowest BCUT2D eigenvalue weighted by atomic mass is 9.98. The molecule has 0 saturated heterocycles. The van der Waals surface area contributed by atoms with E-state index in [1.165, 1.54) is 22.3 Å². The third-order valence-electron chi connectivity index (χ3n) is 3.18. The van der Waals surface area contributed by atoms with E-state index in [0.717, 1.165) is 10.9 Å². The van der Waals surface area contributed by atoms with Gasteiger partial charge in [0.2, 0.25) is 0 Å². The lowest BCUT2D eigenvalue weighted by Gasteiger charge is -2.08. The number of rotatable bonds is 4. The zero-order valence-electron chi connectivity index (χ0n) is 11.9. The van der Waals surface area contributed by atoms with Crippen molar-refractivity contribution in [1.29, 1.82) is 0 Å². The highest BCUT2D eigenvalue weighted by molar-refractivity contribution is 9.10. The summed E-state index contributed by atoms with van der Waals surface area (Å²) in [6, 6.07) is 17.1. The van der Waals surface area contributed by atoms with Crippen LogP contribution in [0, 0.1) is 0 Å². The standard InChI is InChI=1S/C19H19Br/c1-3-5-9-15(4-2)17-12-18(14-19(20)13-17)16-10-7-6-8-11-16/h4-14H,3H2,1-2H3/b9-5-,15-4+. The number of benzene rings is 2. The smallest absolute Gasteiger partial charge is 0.0187 e. The summed E-state index contributed by atoms with van der Waals surface area (Å²) in [5, 5.41) is 0. The van der Waals surface area contributed by atoms with E-state index in [9.17, 15) is 0 Å². The predicted octanol–water partition coefficient (Wildman–Crippen LogP) is 6.49. The van der Waals surface area contributed by atoms with E-state index in [4.69, 9.17) is 0 Å². The average Bonchev–Trinajstić information content (AvgIpc) is 2.48. The first-order valence-electron chi connectivity index (χ1n) is 6.94. The highest BCUT2D eigenvalue weighted by atomic mass is 79.9. The SMILES string of the molecule is C/C=C(\C=C/CC)c1cc(Br)cc(-c2ccccc2)c1. The molecule has 20 heavy (non-hydrogen) atoms. The van der Waals surface area contributed by atoms with Gasteiger partial charge < -0.3 is 0 Å². The summed E-state index contributed by atoms with van der Waals surface area (Å²) < 4.78 is 1.11.